The Morgan fingerprint density at radius 3 is 2.56 bits per heavy atom. The molecular formula is C25H32N4O3. The molecule has 0 saturated heterocycles. The summed E-state index contributed by atoms with van der Waals surface area (Å²) in [5, 5.41) is 2.05. The van der Waals surface area contributed by atoms with Crippen LogP contribution in [0.2, 0.25) is 0 Å². The Morgan fingerprint density at radius 1 is 1.12 bits per heavy atom. The predicted molar refractivity (Wildman–Crippen MR) is 130 cm³/mol. The molecule has 0 aliphatic heterocycles. The van der Waals surface area contributed by atoms with E-state index in [1.54, 1.807) is 0 Å². The molecule has 170 valence electrons. The number of rotatable bonds is 9. The van der Waals surface area contributed by atoms with Gasteiger partial charge in [0.25, 0.3) is 5.56 Å². The number of unbranched alkanes of at least 4 members (excludes halogenated alkanes) is 1. The molecule has 0 unspecified atom stereocenters. The Hall–Kier alpha value is -3.35. The highest BCUT2D eigenvalue weighted by Gasteiger charge is 2.25. The van der Waals surface area contributed by atoms with Crippen LogP contribution in [0.25, 0.3) is 10.8 Å². The molecule has 1 aromatic heterocycles. The summed E-state index contributed by atoms with van der Waals surface area (Å²) >= 11 is 0. The third kappa shape index (κ3) is 5.10. The summed E-state index contributed by atoms with van der Waals surface area (Å²) in [5.41, 5.74) is 6.08. The highest BCUT2D eigenvalue weighted by atomic mass is 16.2. The number of nitrogen functional groups attached to an aromatic ring is 1. The van der Waals surface area contributed by atoms with Gasteiger partial charge in [-0.1, -0.05) is 69.7 Å². The van der Waals surface area contributed by atoms with E-state index in [0.29, 0.717) is 25.4 Å². The Kier molecular flexibility index (Phi) is 7.51. The quantitative estimate of drug-likeness (QED) is 0.534. The maximum atomic E-state index is 13.5. The molecule has 7 heteroatoms. The van der Waals surface area contributed by atoms with Crippen LogP contribution >= 0.6 is 0 Å². The second-order valence-electron chi connectivity index (χ2n) is 8.54. The van der Waals surface area contributed by atoms with Crippen molar-refractivity contribution < 1.29 is 4.79 Å². The normalized spacial score (nSPS) is 11.2. The van der Waals surface area contributed by atoms with Crippen LogP contribution in [0.4, 0.5) is 11.5 Å². The first-order valence-electron chi connectivity index (χ1n) is 11.2. The van der Waals surface area contributed by atoms with Crippen LogP contribution in [0.15, 0.2) is 52.1 Å². The molecule has 0 spiro atoms. The van der Waals surface area contributed by atoms with Gasteiger partial charge >= 0.3 is 5.69 Å². The number of hydrogen-bond acceptors (Lipinski definition) is 4. The van der Waals surface area contributed by atoms with E-state index >= 15 is 0 Å². The summed E-state index contributed by atoms with van der Waals surface area (Å²) in [6.07, 6.45) is 2.45. The van der Waals surface area contributed by atoms with Crippen molar-refractivity contribution in [1.29, 1.82) is 0 Å². The monoisotopic (exact) mass is 436 g/mol. The lowest BCUT2D eigenvalue weighted by Crippen LogP contribution is -2.42. The van der Waals surface area contributed by atoms with Gasteiger partial charge in [0, 0.05) is 13.1 Å². The lowest BCUT2D eigenvalue weighted by atomic mass is 10.0. The molecule has 3 N–H and O–H groups in total. The molecule has 1 amide bonds. The van der Waals surface area contributed by atoms with E-state index in [1.807, 2.05) is 49.4 Å². The topological polar surface area (TPSA) is 101 Å². The van der Waals surface area contributed by atoms with Crippen LogP contribution in [0.3, 0.4) is 0 Å². The zero-order valence-electron chi connectivity index (χ0n) is 19.1. The summed E-state index contributed by atoms with van der Waals surface area (Å²) in [6.45, 7) is 6.86. The molecule has 7 nitrogen and oxygen atoms in total. The SMILES string of the molecule is CCCCn1c(N)c(N(CCC(C)C)C(=O)Cc2cccc3ccccc23)c(=O)[nH]c1=O. The van der Waals surface area contributed by atoms with Crippen LogP contribution in [0, 0.1) is 5.92 Å². The van der Waals surface area contributed by atoms with E-state index in [2.05, 4.69) is 18.8 Å². The molecule has 1 heterocycles. The minimum Gasteiger partial charge on any atom is -0.383 e. The summed E-state index contributed by atoms with van der Waals surface area (Å²) < 4.78 is 1.35. The second-order valence-corrected chi connectivity index (χ2v) is 8.54. The molecule has 0 radical (unpaired) electrons. The Bertz CT molecular complexity index is 1200. The fraction of sp³-hybridized carbons (Fsp3) is 0.400. The number of carbonyl (C=O) groups excluding carboxylic acids is 1. The Labute approximate surface area is 187 Å². The molecule has 2 aromatic carbocycles. The summed E-state index contributed by atoms with van der Waals surface area (Å²) in [4.78, 5) is 42.5. The third-order valence-corrected chi connectivity index (χ3v) is 5.67. The summed E-state index contributed by atoms with van der Waals surface area (Å²) in [5.74, 6) is 0.149. The number of nitrogens with one attached hydrogen (secondary N) is 1. The van der Waals surface area contributed by atoms with Crippen molar-refractivity contribution in [1.82, 2.24) is 9.55 Å². The minimum absolute atomic E-state index is 0.0437. The Morgan fingerprint density at radius 2 is 1.84 bits per heavy atom. The van der Waals surface area contributed by atoms with Gasteiger partial charge in [-0.3, -0.25) is 19.1 Å². The van der Waals surface area contributed by atoms with Gasteiger partial charge in [-0.2, -0.15) is 0 Å². The van der Waals surface area contributed by atoms with Gasteiger partial charge in [0.05, 0.1) is 6.42 Å². The van der Waals surface area contributed by atoms with Crippen molar-refractivity contribution >= 4 is 28.2 Å². The first kappa shape index (κ1) is 23.3. The highest BCUT2D eigenvalue weighted by Crippen LogP contribution is 2.23. The standard InChI is InChI=1S/C25H32N4O3/c1-4-5-14-29-23(26)22(24(31)27-25(29)32)28(15-13-17(2)3)21(30)16-19-11-8-10-18-9-6-7-12-20(18)19/h6-12,17H,4-5,13-16,26H2,1-3H3,(H,27,31,32). The van der Waals surface area contributed by atoms with Crippen LogP contribution in [0.5, 0.6) is 0 Å². The fourth-order valence-corrected chi connectivity index (χ4v) is 3.83. The smallest absolute Gasteiger partial charge is 0.330 e. The number of benzene rings is 2. The first-order chi connectivity index (χ1) is 15.3. The number of fused-ring (bicyclic) bond motifs is 1. The zero-order chi connectivity index (χ0) is 23.3. The zero-order valence-corrected chi connectivity index (χ0v) is 19.1. The number of nitrogens with zero attached hydrogens (tertiary/aromatic N) is 2. The van der Waals surface area contributed by atoms with Gasteiger partial charge in [-0.15, -0.1) is 0 Å². The predicted octanol–water partition coefficient (Wildman–Crippen LogP) is 3.69. The molecule has 0 aliphatic rings. The lowest BCUT2D eigenvalue weighted by molar-refractivity contribution is -0.118. The van der Waals surface area contributed by atoms with E-state index in [9.17, 15) is 14.4 Å². The van der Waals surface area contributed by atoms with Crippen molar-refractivity contribution in [3.05, 3.63) is 68.9 Å². The first-order valence-corrected chi connectivity index (χ1v) is 11.2. The number of amides is 1. The number of carbonyl (C=O) groups is 1. The summed E-state index contributed by atoms with van der Waals surface area (Å²) in [7, 11) is 0. The molecule has 32 heavy (non-hydrogen) atoms. The molecule has 0 atom stereocenters. The molecule has 0 fully saturated rings. The fourth-order valence-electron chi connectivity index (χ4n) is 3.83. The largest absolute Gasteiger partial charge is 0.383 e. The number of H-pyrrole nitrogens is 1. The van der Waals surface area contributed by atoms with Crippen molar-refractivity contribution in [3.8, 4) is 0 Å². The van der Waals surface area contributed by atoms with Crippen LogP contribution in [-0.4, -0.2) is 22.0 Å². The van der Waals surface area contributed by atoms with Gasteiger partial charge in [-0.25, -0.2) is 4.79 Å². The van der Waals surface area contributed by atoms with Crippen LogP contribution in [0.1, 0.15) is 45.6 Å². The molecule has 0 bridgehead atoms. The van der Waals surface area contributed by atoms with Gasteiger partial charge in [0.1, 0.15) is 5.82 Å². The van der Waals surface area contributed by atoms with Crippen molar-refractivity contribution in [3.63, 3.8) is 0 Å². The molecule has 3 rings (SSSR count). The summed E-state index contributed by atoms with van der Waals surface area (Å²) in [6, 6.07) is 13.8. The van der Waals surface area contributed by atoms with Gasteiger partial charge < -0.3 is 10.6 Å². The van der Waals surface area contributed by atoms with Crippen LogP contribution in [-0.2, 0) is 17.8 Å². The lowest BCUT2D eigenvalue weighted by Gasteiger charge is -2.25. The van der Waals surface area contributed by atoms with Crippen molar-refractivity contribution in [2.45, 2.75) is 53.0 Å². The van der Waals surface area contributed by atoms with Gasteiger partial charge in [-0.05, 0) is 35.1 Å². The van der Waals surface area contributed by atoms with Gasteiger partial charge in [0.2, 0.25) is 5.91 Å². The molecule has 3 aromatic rings. The van der Waals surface area contributed by atoms with Crippen molar-refractivity contribution in [2.75, 3.05) is 17.2 Å². The third-order valence-electron chi connectivity index (χ3n) is 5.67. The average Bonchev–Trinajstić information content (AvgIpc) is 2.75. The van der Waals surface area contributed by atoms with Gasteiger partial charge in [0.15, 0.2) is 5.69 Å². The highest BCUT2D eigenvalue weighted by molar-refractivity contribution is 5.99. The van der Waals surface area contributed by atoms with Crippen LogP contribution < -0.4 is 21.9 Å². The van der Waals surface area contributed by atoms with E-state index in [4.69, 9.17) is 5.73 Å². The number of anilines is 2. The number of aromatic amines is 1. The molecule has 0 aliphatic carbocycles. The molecular weight excluding hydrogens is 404 g/mol. The van der Waals surface area contributed by atoms with E-state index in [-0.39, 0.29) is 23.8 Å². The van der Waals surface area contributed by atoms with Crippen molar-refractivity contribution in [2.24, 2.45) is 5.92 Å². The van der Waals surface area contributed by atoms with E-state index in [1.165, 1.54) is 9.47 Å². The van der Waals surface area contributed by atoms with E-state index in [0.717, 1.165) is 29.2 Å². The number of nitrogens with two attached hydrogens (primary N) is 1. The van der Waals surface area contributed by atoms with E-state index < -0.39 is 11.2 Å². The maximum Gasteiger partial charge on any atom is 0.330 e. The Balaban J connectivity index is 2.04. The minimum atomic E-state index is -0.629. The second kappa shape index (κ2) is 10.3. The molecule has 0 saturated carbocycles. The maximum absolute atomic E-state index is 13.5. The average molecular weight is 437 g/mol. The number of hydrogen-bond donors (Lipinski definition) is 2. The number of aromatic nitrogens is 2.